The van der Waals surface area contributed by atoms with E-state index in [1.807, 2.05) is 36.4 Å². The molecule has 0 aliphatic carbocycles. The van der Waals surface area contributed by atoms with E-state index in [1.54, 1.807) is 11.4 Å². The van der Waals surface area contributed by atoms with Crippen molar-refractivity contribution in [3.8, 4) is 11.5 Å². The van der Waals surface area contributed by atoms with Gasteiger partial charge in [0.25, 0.3) is 0 Å². The van der Waals surface area contributed by atoms with E-state index < -0.39 is 10.0 Å². The molecule has 6 rings (SSSR count). The Balaban J connectivity index is 1.13. The molecule has 0 bridgehead atoms. The Morgan fingerprint density at radius 1 is 1.12 bits per heavy atom. The van der Waals surface area contributed by atoms with Gasteiger partial charge in [0, 0.05) is 56.4 Å². The molecule has 0 spiro atoms. The molecule has 2 aromatic heterocycles. The predicted molar refractivity (Wildman–Crippen MR) is 158 cm³/mol. The van der Waals surface area contributed by atoms with Gasteiger partial charge in [-0.15, -0.1) is 0 Å². The summed E-state index contributed by atoms with van der Waals surface area (Å²) in [5, 5.41) is 15.2. The van der Waals surface area contributed by atoms with Gasteiger partial charge in [-0.25, -0.2) is 8.42 Å². The maximum absolute atomic E-state index is 13.1. The fraction of sp³-hybridized carbons (Fsp3) is 0.414. The van der Waals surface area contributed by atoms with Crippen molar-refractivity contribution in [3.05, 3.63) is 54.4 Å². The number of benzene rings is 2. The summed E-state index contributed by atoms with van der Waals surface area (Å²) in [6.07, 6.45) is 5.33. The van der Waals surface area contributed by atoms with Crippen LogP contribution in [0.5, 0.6) is 11.5 Å². The van der Waals surface area contributed by atoms with Gasteiger partial charge >= 0.3 is 0 Å². The highest BCUT2D eigenvalue weighted by Gasteiger charge is 2.32. The van der Waals surface area contributed by atoms with Crippen LogP contribution in [-0.4, -0.2) is 77.5 Å². The number of fused-ring (bicyclic) bond motifs is 2. The molecule has 42 heavy (non-hydrogen) atoms. The molecule has 0 atom stereocenters. The van der Waals surface area contributed by atoms with Gasteiger partial charge in [0.2, 0.25) is 15.9 Å². The zero-order chi connectivity index (χ0) is 29.3. The molecule has 2 N–H and O–H groups in total. The van der Waals surface area contributed by atoms with Crippen LogP contribution < -0.4 is 19.7 Å². The second kappa shape index (κ2) is 11.6. The maximum Gasteiger partial charge on any atom is 0.246 e. The van der Waals surface area contributed by atoms with Crippen LogP contribution in [0.4, 0.5) is 11.5 Å². The average Bonchev–Trinajstić information content (AvgIpc) is 3.53. The van der Waals surface area contributed by atoms with E-state index in [9.17, 15) is 13.2 Å². The number of H-pyrrole nitrogens is 1. The summed E-state index contributed by atoms with van der Waals surface area (Å²) in [5.41, 5.74) is 2.64. The van der Waals surface area contributed by atoms with Crippen LogP contribution in [0.25, 0.3) is 10.9 Å². The van der Waals surface area contributed by atoms with Gasteiger partial charge in [-0.3, -0.25) is 14.6 Å². The fourth-order valence-electron chi connectivity index (χ4n) is 5.68. The summed E-state index contributed by atoms with van der Waals surface area (Å²) in [5.74, 6) is 1.65. The Morgan fingerprint density at radius 3 is 2.64 bits per heavy atom. The number of carbonyl (C=O) groups is 1. The van der Waals surface area contributed by atoms with E-state index >= 15 is 0 Å². The van der Waals surface area contributed by atoms with Crippen LogP contribution >= 0.6 is 0 Å². The number of aromatic amines is 1. The number of carbonyl (C=O) groups excluding carboxylic acids is 1. The Morgan fingerprint density at radius 2 is 1.90 bits per heavy atom. The van der Waals surface area contributed by atoms with E-state index in [-0.39, 0.29) is 23.3 Å². The highest BCUT2D eigenvalue weighted by atomic mass is 32.2. The van der Waals surface area contributed by atoms with Crippen molar-refractivity contribution in [2.24, 2.45) is 7.05 Å². The Labute approximate surface area is 244 Å². The minimum Gasteiger partial charge on any atom is -0.490 e. The average molecular weight is 594 g/mol. The van der Waals surface area contributed by atoms with E-state index in [0.29, 0.717) is 56.5 Å². The quantitative estimate of drug-likeness (QED) is 0.318. The molecule has 4 aromatic rings. The van der Waals surface area contributed by atoms with Crippen molar-refractivity contribution in [1.29, 1.82) is 0 Å². The molecule has 4 heterocycles. The molecule has 0 radical (unpaired) electrons. The van der Waals surface area contributed by atoms with Gasteiger partial charge in [-0.1, -0.05) is 6.07 Å². The molecule has 13 heteroatoms. The summed E-state index contributed by atoms with van der Waals surface area (Å²) in [6.45, 7) is 4.93. The van der Waals surface area contributed by atoms with Gasteiger partial charge in [0.05, 0.1) is 31.3 Å². The molecule has 2 aliphatic rings. The van der Waals surface area contributed by atoms with Crippen molar-refractivity contribution in [1.82, 2.24) is 24.3 Å². The largest absolute Gasteiger partial charge is 0.490 e. The lowest BCUT2D eigenvalue weighted by molar-refractivity contribution is -0.115. The maximum atomic E-state index is 13.1. The third kappa shape index (κ3) is 5.66. The highest BCUT2D eigenvalue weighted by Crippen LogP contribution is 2.32. The second-order valence-electron chi connectivity index (χ2n) is 10.6. The number of nitrogens with zero attached hydrogens (tertiary/aromatic N) is 5. The Hall–Kier alpha value is -4.10. The number of aromatic nitrogens is 4. The number of anilines is 2. The number of amides is 1. The molecule has 0 unspecified atom stereocenters. The van der Waals surface area contributed by atoms with E-state index in [1.165, 1.54) is 17.1 Å². The first-order valence-corrected chi connectivity index (χ1v) is 15.7. The van der Waals surface area contributed by atoms with Crippen LogP contribution in [0.2, 0.25) is 0 Å². The number of rotatable bonds is 8. The van der Waals surface area contributed by atoms with Crippen LogP contribution in [0.15, 0.2) is 53.7 Å². The number of sulfonamides is 1. The molecule has 12 nitrogen and oxygen atoms in total. The monoisotopic (exact) mass is 593 g/mol. The summed E-state index contributed by atoms with van der Waals surface area (Å²) >= 11 is 0. The smallest absolute Gasteiger partial charge is 0.246 e. The van der Waals surface area contributed by atoms with E-state index in [0.717, 1.165) is 35.1 Å². The van der Waals surface area contributed by atoms with Crippen molar-refractivity contribution in [3.63, 3.8) is 0 Å². The zero-order valence-electron chi connectivity index (χ0n) is 23.7. The number of ether oxygens (including phenoxy) is 2. The van der Waals surface area contributed by atoms with Crippen molar-refractivity contribution in [2.75, 3.05) is 43.1 Å². The fourth-order valence-corrected chi connectivity index (χ4v) is 7.14. The van der Waals surface area contributed by atoms with Crippen molar-refractivity contribution >= 4 is 38.3 Å². The standard InChI is InChI=1S/C29H35N7O5S/c1-3-36(21-9-11-35(12-10-21)42(38,39)23-18-30-34(2)19-23)22-6-7-25-24(17-22)29(33-32-25)31-28(37)16-20-5-8-26-27(15-20)41-14-4-13-40-26/h5-8,15,17-19,21H,3-4,9-14,16H2,1-2H3,(H2,31,32,33,37). The lowest BCUT2D eigenvalue weighted by Crippen LogP contribution is -2.46. The second-order valence-corrected chi connectivity index (χ2v) is 12.6. The topological polar surface area (TPSA) is 135 Å². The van der Waals surface area contributed by atoms with Crippen LogP contribution in [0.1, 0.15) is 31.7 Å². The molecule has 0 saturated carbocycles. The molecule has 1 amide bonds. The zero-order valence-corrected chi connectivity index (χ0v) is 24.6. The van der Waals surface area contributed by atoms with Crippen LogP contribution in [0, 0.1) is 0 Å². The molecular formula is C29H35N7O5S. The van der Waals surface area contributed by atoms with Gasteiger partial charge in [0.15, 0.2) is 17.3 Å². The van der Waals surface area contributed by atoms with Crippen molar-refractivity contribution in [2.45, 2.75) is 43.5 Å². The minimum absolute atomic E-state index is 0.173. The normalized spacial score (nSPS) is 16.3. The van der Waals surface area contributed by atoms with Gasteiger partial charge < -0.3 is 19.7 Å². The molecule has 2 aromatic carbocycles. The number of piperidine rings is 1. The molecule has 222 valence electrons. The predicted octanol–water partition coefficient (Wildman–Crippen LogP) is 3.32. The number of aryl methyl sites for hydroxylation is 1. The van der Waals surface area contributed by atoms with Gasteiger partial charge in [0.1, 0.15) is 4.90 Å². The number of hydrogen-bond donors (Lipinski definition) is 2. The molecule has 1 saturated heterocycles. The van der Waals surface area contributed by atoms with E-state index in [2.05, 4.69) is 32.4 Å². The first kappa shape index (κ1) is 28.0. The Bertz CT molecular complexity index is 1690. The molecular weight excluding hydrogens is 558 g/mol. The van der Waals surface area contributed by atoms with Crippen LogP contribution in [-0.2, 0) is 28.3 Å². The minimum atomic E-state index is -3.56. The lowest BCUT2D eigenvalue weighted by Gasteiger charge is -2.38. The Kier molecular flexibility index (Phi) is 7.78. The summed E-state index contributed by atoms with van der Waals surface area (Å²) < 4.78 is 40.6. The summed E-state index contributed by atoms with van der Waals surface area (Å²) in [7, 11) is -1.86. The lowest BCUT2D eigenvalue weighted by atomic mass is 10.0. The first-order valence-electron chi connectivity index (χ1n) is 14.2. The SMILES string of the molecule is CCN(c1ccc2[nH]nc(NC(=O)Cc3ccc4c(c3)OCCCO4)c2c1)C1CCN(S(=O)(=O)c2cnn(C)c2)CC1. The van der Waals surface area contributed by atoms with Gasteiger partial charge in [-0.05, 0) is 55.7 Å². The number of hydrogen-bond acceptors (Lipinski definition) is 8. The molecule has 1 fully saturated rings. The molecule has 2 aliphatic heterocycles. The summed E-state index contributed by atoms with van der Waals surface area (Å²) in [4.78, 5) is 15.5. The van der Waals surface area contributed by atoms with E-state index in [4.69, 9.17) is 9.47 Å². The van der Waals surface area contributed by atoms with Gasteiger partial charge in [-0.2, -0.15) is 14.5 Å². The summed E-state index contributed by atoms with van der Waals surface area (Å²) in [6, 6.07) is 11.8. The number of nitrogens with one attached hydrogen (secondary N) is 2. The third-order valence-corrected chi connectivity index (χ3v) is 9.69. The van der Waals surface area contributed by atoms with Crippen molar-refractivity contribution < 1.29 is 22.7 Å². The highest BCUT2D eigenvalue weighted by molar-refractivity contribution is 7.89. The van der Waals surface area contributed by atoms with Crippen LogP contribution in [0.3, 0.4) is 0 Å². The third-order valence-electron chi connectivity index (χ3n) is 7.84. The first-order chi connectivity index (χ1) is 20.3.